The molecule has 0 aromatic rings. The Morgan fingerprint density at radius 1 is 1.30 bits per heavy atom. The summed E-state index contributed by atoms with van der Waals surface area (Å²) in [4.78, 5) is 2.33. The summed E-state index contributed by atoms with van der Waals surface area (Å²) in [6.07, 6.45) is 5.71. The molecule has 2 unspecified atom stereocenters. The number of hydrogen-bond acceptors (Lipinski definition) is 4. The van der Waals surface area contributed by atoms with Crippen LogP contribution >= 0.6 is 0 Å². The van der Waals surface area contributed by atoms with E-state index in [-0.39, 0.29) is 11.3 Å². The molecule has 1 rings (SSSR count). The van der Waals surface area contributed by atoms with Gasteiger partial charge >= 0.3 is 0 Å². The molecule has 0 aromatic carbocycles. The molecule has 0 heterocycles. The average Bonchev–Trinajstić information content (AvgIpc) is 2.34. The molecule has 1 aliphatic rings. The van der Waals surface area contributed by atoms with Crippen molar-refractivity contribution in [2.24, 2.45) is 5.92 Å². The summed E-state index contributed by atoms with van der Waals surface area (Å²) in [6.45, 7) is 5.71. The van der Waals surface area contributed by atoms with Gasteiger partial charge in [0.1, 0.15) is 0 Å². The number of likely N-dealkylation sites (N-methyl/N-ethyl adjacent to an activating group) is 1. The van der Waals surface area contributed by atoms with Crippen molar-refractivity contribution in [1.29, 1.82) is 0 Å². The second-order valence-electron chi connectivity index (χ2n) is 6.65. The molecule has 1 aliphatic carbocycles. The van der Waals surface area contributed by atoms with Gasteiger partial charge in [0.15, 0.2) is 9.84 Å². The first-order chi connectivity index (χ1) is 9.31. The lowest BCUT2D eigenvalue weighted by molar-refractivity contribution is 0.0759. The maximum atomic E-state index is 11.7. The Kier molecular flexibility index (Phi) is 6.95. The minimum Gasteiger partial charge on any atom is -0.314 e. The summed E-state index contributed by atoms with van der Waals surface area (Å²) in [6, 6.07) is 0. The molecule has 1 fully saturated rings. The van der Waals surface area contributed by atoms with E-state index in [0.29, 0.717) is 18.7 Å². The van der Waals surface area contributed by atoms with Crippen LogP contribution < -0.4 is 5.32 Å². The Morgan fingerprint density at radius 3 is 2.55 bits per heavy atom. The topological polar surface area (TPSA) is 49.4 Å². The van der Waals surface area contributed by atoms with Crippen molar-refractivity contribution in [1.82, 2.24) is 10.2 Å². The molecule has 20 heavy (non-hydrogen) atoms. The van der Waals surface area contributed by atoms with Gasteiger partial charge in [0.25, 0.3) is 0 Å². The summed E-state index contributed by atoms with van der Waals surface area (Å²) in [5.41, 5.74) is 0.201. The van der Waals surface area contributed by atoms with E-state index in [2.05, 4.69) is 31.2 Å². The highest BCUT2D eigenvalue weighted by Crippen LogP contribution is 2.35. The van der Waals surface area contributed by atoms with Crippen LogP contribution in [0.15, 0.2) is 0 Å². The van der Waals surface area contributed by atoms with E-state index in [1.165, 1.54) is 25.7 Å². The molecule has 0 aromatic heterocycles. The third-order valence-electron chi connectivity index (χ3n) is 4.58. The van der Waals surface area contributed by atoms with Crippen molar-refractivity contribution in [3.05, 3.63) is 0 Å². The lowest BCUT2D eigenvalue weighted by Gasteiger charge is -2.45. The van der Waals surface area contributed by atoms with Crippen LogP contribution in [-0.4, -0.2) is 57.5 Å². The summed E-state index contributed by atoms with van der Waals surface area (Å²) >= 11 is 0. The molecule has 1 saturated carbocycles. The van der Waals surface area contributed by atoms with Gasteiger partial charge in [0, 0.05) is 24.4 Å². The molecule has 4 nitrogen and oxygen atoms in total. The lowest BCUT2D eigenvalue weighted by Crippen LogP contribution is -2.54. The zero-order chi connectivity index (χ0) is 15.2. The van der Waals surface area contributed by atoms with Gasteiger partial charge in [-0.1, -0.05) is 26.7 Å². The highest BCUT2D eigenvalue weighted by atomic mass is 32.2. The van der Waals surface area contributed by atoms with Gasteiger partial charge in [-0.3, -0.25) is 0 Å². The maximum Gasteiger partial charge on any atom is 0.151 e. The van der Waals surface area contributed by atoms with Gasteiger partial charge in [-0.15, -0.1) is 0 Å². The number of sulfone groups is 1. The van der Waals surface area contributed by atoms with Crippen LogP contribution in [0.1, 0.15) is 46.0 Å². The van der Waals surface area contributed by atoms with Crippen LogP contribution in [0.4, 0.5) is 0 Å². The first-order valence-electron chi connectivity index (χ1n) is 7.90. The Labute approximate surface area is 125 Å². The lowest BCUT2D eigenvalue weighted by atomic mass is 9.75. The number of nitrogens with one attached hydrogen (secondary N) is 1. The molecule has 0 bridgehead atoms. The van der Waals surface area contributed by atoms with E-state index in [1.54, 1.807) is 0 Å². The van der Waals surface area contributed by atoms with Crippen LogP contribution in [0.2, 0.25) is 0 Å². The number of rotatable bonds is 8. The van der Waals surface area contributed by atoms with Gasteiger partial charge in [0.2, 0.25) is 0 Å². The largest absolute Gasteiger partial charge is 0.314 e. The van der Waals surface area contributed by atoms with Crippen LogP contribution in [0, 0.1) is 5.92 Å². The molecular formula is C15H32N2O2S. The summed E-state index contributed by atoms with van der Waals surface area (Å²) in [5.74, 6) is 1.33. The predicted molar refractivity (Wildman–Crippen MR) is 85.9 cm³/mol. The maximum absolute atomic E-state index is 11.7. The van der Waals surface area contributed by atoms with Crippen molar-refractivity contribution in [2.45, 2.75) is 51.5 Å². The van der Waals surface area contributed by atoms with Crippen molar-refractivity contribution in [3.63, 3.8) is 0 Å². The molecular weight excluding hydrogens is 272 g/mol. The monoisotopic (exact) mass is 304 g/mol. The first-order valence-corrected chi connectivity index (χ1v) is 9.72. The van der Waals surface area contributed by atoms with Gasteiger partial charge in [-0.05, 0) is 39.3 Å². The normalized spacial score (nSPS) is 27.9. The van der Waals surface area contributed by atoms with Crippen molar-refractivity contribution < 1.29 is 8.42 Å². The molecule has 0 amide bonds. The highest BCUT2D eigenvalue weighted by molar-refractivity contribution is 7.91. The molecule has 1 N–H and O–H groups in total. The molecule has 0 aliphatic heterocycles. The fourth-order valence-corrected chi connectivity index (χ4v) is 4.60. The van der Waals surface area contributed by atoms with E-state index in [1.807, 2.05) is 6.92 Å². The van der Waals surface area contributed by atoms with E-state index in [9.17, 15) is 8.42 Å². The minimum atomic E-state index is -2.86. The fourth-order valence-electron chi connectivity index (χ4n) is 3.32. The van der Waals surface area contributed by atoms with Crippen molar-refractivity contribution in [2.75, 3.05) is 38.7 Å². The zero-order valence-corrected chi connectivity index (χ0v) is 14.4. The number of hydrogen-bond donors (Lipinski definition) is 1. The second-order valence-corrected chi connectivity index (χ2v) is 8.95. The molecule has 120 valence electrons. The molecule has 0 spiro atoms. The van der Waals surface area contributed by atoms with Crippen LogP contribution in [0.5, 0.6) is 0 Å². The van der Waals surface area contributed by atoms with Crippen LogP contribution in [0.25, 0.3) is 0 Å². The zero-order valence-electron chi connectivity index (χ0n) is 13.6. The van der Waals surface area contributed by atoms with Gasteiger partial charge in [-0.2, -0.15) is 0 Å². The van der Waals surface area contributed by atoms with Crippen LogP contribution in [-0.2, 0) is 9.84 Å². The molecule has 2 atom stereocenters. The Morgan fingerprint density at radius 2 is 2.00 bits per heavy atom. The fraction of sp³-hybridized carbons (Fsp3) is 1.00. The second kappa shape index (κ2) is 7.76. The molecule has 0 radical (unpaired) electrons. The molecule has 0 saturated heterocycles. The third kappa shape index (κ3) is 5.34. The van der Waals surface area contributed by atoms with Crippen molar-refractivity contribution in [3.8, 4) is 0 Å². The highest BCUT2D eigenvalue weighted by Gasteiger charge is 2.36. The van der Waals surface area contributed by atoms with E-state index < -0.39 is 9.84 Å². The van der Waals surface area contributed by atoms with Gasteiger partial charge in [-0.25, -0.2) is 8.42 Å². The third-order valence-corrected chi connectivity index (χ3v) is 6.43. The van der Waals surface area contributed by atoms with E-state index >= 15 is 0 Å². The Balaban J connectivity index is 2.44. The standard InChI is InChI=1S/C15H32N2O2S/c1-5-10-20(18,19)11-9-16-13-15(17(3)4)8-6-7-14(2)12-15/h14,16H,5-13H2,1-4H3. The predicted octanol–water partition coefficient (Wildman–Crippen LogP) is 1.91. The van der Waals surface area contributed by atoms with Gasteiger partial charge in [0.05, 0.1) is 5.75 Å². The Bertz CT molecular complexity index is 381. The summed E-state index contributed by atoms with van der Waals surface area (Å²) in [7, 11) is 1.43. The number of nitrogens with zero attached hydrogens (tertiary/aromatic N) is 1. The van der Waals surface area contributed by atoms with E-state index in [0.717, 1.165) is 12.5 Å². The minimum absolute atomic E-state index is 0.201. The molecule has 5 heteroatoms. The van der Waals surface area contributed by atoms with Crippen molar-refractivity contribution >= 4 is 9.84 Å². The van der Waals surface area contributed by atoms with E-state index in [4.69, 9.17) is 0 Å². The van der Waals surface area contributed by atoms with Crippen LogP contribution in [0.3, 0.4) is 0 Å². The Hall–Kier alpha value is -0.130. The summed E-state index contributed by atoms with van der Waals surface area (Å²) in [5, 5.41) is 3.39. The smallest absolute Gasteiger partial charge is 0.151 e. The average molecular weight is 305 g/mol. The quantitative estimate of drug-likeness (QED) is 0.696. The van der Waals surface area contributed by atoms with Gasteiger partial charge < -0.3 is 10.2 Å². The first kappa shape index (κ1) is 17.9. The SMILES string of the molecule is CCCS(=O)(=O)CCNCC1(N(C)C)CCCC(C)C1. The summed E-state index contributed by atoms with van der Waals surface area (Å²) < 4.78 is 23.4.